The lowest BCUT2D eigenvalue weighted by molar-refractivity contribution is -0.125. The van der Waals surface area contributed by atoms with Crippen LogP contribution in [-0.4, -0.2) is 40.4 Å². The number of hydrogen-bond donors (Lipinski definition) is 1. The summed E-state index contributed by atoms with van der Waals surface area (Å²) in [4.78, 5) is 14.9. The highest BCUT2D eigenvalue weighted by molar-refractivity contribution is 6.30. The molecule has 1 saturated heterocycles. The quantitative estimate of drug-likeness (QED) is 0.708. The molecule has 2 aliphatic heterocycles. The molecule has 0 aliphatic carbocycles. The molecule has 1 atom stereocenters. The highest BCUT2D eigenvalue weighted by Crippen LogP contribution is 2.32. The first kappa shape index (κ1) is 18.1. The van der Waals surface area contributed by atoms with Gasteiger partial charge < -0.3 is 19.7 Å². The third kappa shape index (κ3) is 3.55. The van der Waals surface area contributed by atoms with E-state index in [-0.39, 0.29) is 18.6 Å². The monoisotopic (exact) mass is 413 g/mol. The number of halogens is 1. The van der Waals surface area contributed by atoms with E-state index < -0.39 is 0 Å². The molecule has 4 heterocycles. The van der Waals surface area contributed by atoms with Crippen LogP contribution in [0.3, 0.4) is 0 Å². The van der Waals surface area contributed by atoms with E-state index >= 15 is 0 Å². The van der Waals surface area contributed by atoms with Gasteiger partial charge in [-0.2, -0.15) is 0 Å². The van der Waals surface area contributed by atoms with E-state index in [1.165, 1.54) is 0 Å². The average molecular weight is 414 g/mol. The summed E-state index contributed by atoms with van der Waals surface area (Å²) in [6, 6.07) is 9.33. The maximum atomic E-state index is 12.8. The number of hydrogen-bond acceptors (Lipinski definition) is 6. The number of amides is 1. The summed E-state index contributed by atoms with van der Waals surface area (Å²) < 4.78 is 12.6. The number of piperidine rings is 1. The number of aromatic nitrogens is 3. The normalized spacial score (nSPS) is 18.2. The number of carbonyl (C=O) groups is 1. The largest absolute Gasteiger partial charge is 0.454 e. The SMILES string of the molecule is O=C(NCc1ccc2c(c1)OCO2)C1CCCN(c2nnc3ccc(Cl)cn23)C1. The van der Waals surface area contributed by atoms with Crippen molar-refractivity contribution in [2.24, 2.45) is 5.92 Å². The fourth-order valence-corrected chi connectivity index (χ4v) is 3.99. The van der Waals surface area contributed by atoms with Crippen molar-refractivity contribution < 1.29 is 14.3 Å². The van der Waals surface area contributed by atoms with Gasteiger partial charge in [0, 0.05) is 25.8 Å². The number of nitrogens with zero attached hydrogens (tertiary/aromatic N) is 4. The van der Waals surface area contributed by atoms with E-state index in [1.54, 1.807) is 12.3 Å². The number of carbonyl (C=O) groups excluding carboxylic acids is 1. The first-order chi connectivity index (χ1) is 14.2. The standard InChI is InChI=1S/C20H20ClN5O3/c21-15-4-6-18-23-24-20(26(18)11-15)25-7-1-2-14(10-25)19(27)22-9-13-3-5-16-17(8-13)29-12-28-16/h3-6,8,11,14H,1-2,7,9-10,12H2,(H,22,27). The molecule has 1 unspecified atom stereocenters. The molecular weight excluding hydrogens is 394 g/mol. The maximum absolute atomic E-state index is 12.8. The van der Waals surface area contributed by atoms with Gasteiger partial charge >= 0.3 is 0 Å². The summed E-state index contributed by atoms with van der Waals surface area (Å²) in [5.41, 5.74) is 1.71. The zero-order valence-corrected chi connectivity index (χ0v) is 16.4. The summed E-state index contributed by atoms with van der Waals surface area (Å²) in [6.07, 6.45) is 3.56. The Morgan fingerprint density at radius 2 is 2.10 bits per heavy atom. The third-order valence-corrected chi connectivity index (χ3v) is 5.55. The number of fused-ring (bicyclic) bond motifs is 2. The molecule has 8 nitrogen and oxygen atoms in total. The van der Waals surface area contributed by atoms with Crippen LogP contribution in [0.2, 0.25) is 5.02 Å². The topological polar surface area (TPSA) is 81.0 Å². The maximum Gasteiger partial charge on any atom is 0.231 e. The Morgan fingerprint density at radius 3 is 3.03 bits per heavy atom. The minimum absolute atomic E-state index is 0.0409. The van der Waals surface area contributed by atoms with E-state index in [2.05, 4.69) is 20.4 Å². The predicted octanol–water partition coefficient (Wildman–Crippen LogP) is 2.64. The van der Waals surface area contributed by atoms with E-state index in [0.717, 1.165) is 48.0 Å². The third-order valence-electron chi connectivity index (χ3n) is 5.33. The molecule has 1 fully saturated rings. The van der Waals surface area contributed by atoms with Crippen LogP contribution in [0, 0.1) is 5.92 Å². The van der Waals surface area contributed by atoms with Gasteiger partial charge in [0.25, 0.3) is 0 Å². The van der Waals surface area contributed by atoms with Crippen molar-refractivity contribution in [1.29, 1.82) is 0 Å². The molecule has 2 aromatic heterocycles. The number of rotatable bonds is 4. The number of benzene rings is 1. The Morgan fingerprint density at radius 1 is 1.21 bits per heavy atom. The van der Waals surface area contributed by atoms with Gasteiger partial charge in [-0.1, -0.05) is 17.7 Å². The van der Waals surface area contributed by atoms with Gasteiger partial charge in [-0.3, -0.25) is 9.20 Å². The molecule has 1 amide bonds. The minimum Gasteiger partial charge on any atom is -0.454 e. The van der Waals surface area contributed by atoms with E-state index in [1.807, 2.05) is 28.7 Å². The Hall–Kier alpha value is -3.00. The van der Waals surface area contributed by atoms with Gasteiger partial charge in [0.1, 0.15) is 0 Å². The van der Waals surface area contributed by atoms with Crippen molar-refractivity contribution in [2.45, 2.75) is 19.4 Å². The first-order valence-corrected chi connectivity index (χ1v) is 9.97. The lowest BCUT2D eigenvalue weighted by atomic mass is 9.97. The highest BCUT2D eigenvalue weighted by Gasteiger charge is 2.28. The number of anilines is 1. The summed E-state index contributed by atoms with van der Waals surface area (Å²) >= 11 is 6.12. The van der Waals surface area contributed by atoms with Crippen LogP contribution in [0.4, 0.5) is 5.95 Å². The zero-order chi connectivity index (χ0) is 19.8. The van der Waals surface area contributed by atoms with Gasteiger partial charge in [-0.25, -0.2) is 0 Å². The Bertz CT molecular complexity index is 1070. The van der Waals surface area contributed by atoms with Crippen molar-refractivity contribution in [3.63, 3.8) is 0 Å². The molecule has 1 aromatic carbocycles. The highest BCUT2D eigenvalue weighted by atomic mass is 35.5. The lowest BCUT2D eigenvalue weighted by Crippen LogP contribution is -2.43. The molecule has 0 radical (unpaired) electrons. The molecule has 1 N–H and O–H groups in total. The van der Waals surface area contributed by atoms with Crippen LogP contribution in [0.5, 0.6) is 11.5 Å². The fourth-order valence-electron chi connectivity index (χ4n) is 3.83. The van der Waals surface area contributed by atoms with Gasteiger partial charge in [0.15, 0.2) is 17.1 Å². The van der Waals surface area contributed by atoms with E-state index in [9.17, 15) is 4.79 Å². The Kier molecular flexibility index (Phi) is 4.63. The van der Waals surface area contributed by atoms with E-state index in [0.29, 0.717) is 18.1 Å². The van der Waals surface area contributed by atoms with Gasteiger partial charge in [0.05, 0.1) is 10.9 Å². The Balaban J connectivity index is 1.25. The van der Waals surface area contributed by atoms with Crippen molar-refractivity contribution in [3.8, 4) is 11.5 Å². The average Bonchev–Trinajstić information content (AvgIpc) is 3.38. The second kappa shape index (κ2) is 7.44. The second-order valence-corrected chi connectivity index (χ2v) is 7.70. The van der Waals surface area contributed by atoms with Crippen LogP contribution in [0.15, 0.2) is 36.5 Å². The molecule has 9 heteroatoms. The molecular formula is C20H20ClN5O3. The molecule has 2 aliphatic rings. The van der Waals surface area contributed by atoms with Crippen molar-refractivity contribution >= 4 is 29.1 Å². The number of pyridine rings is 1. The van der Waals surface area contributed by atoms with E-state index in [4.69, 9.17) is 21.1 Å². The molecule has 0 saturated carbocycles. The minimum atomic E-state index is -0.107. The van der Waals surface area contributed by atoms with Crippen molar-refractivity contribution in [3.05, 3.63) is 47.1 Å². The summed E-state index contributed by atoms with van der Waals surface area (Å²) in [7, 11) is 0. The Labute approximate surface area is 172 Å². The molecule has 0 spiro atoms. The van der Waals surface area contributed by atoms with Crippen LogP contribution >= 0.6 is 11.6 Å². The van der Waals surface area contributed by atoms with Crippen LogP contribution in [-0.2, 0) is 11.3 Å². The van der Waals surface area contributed by atoms with Gasteiger partial charge in [0.2, 0.25) is 18.6 Å². The first-order valence-electron chi connectivity index (χ1n) is 9.59. The second-order valence-electron chi connectivity index (χ2n) is 7.27. The zero-order valence-electron chi connectivity index (χ0n) is 15.7. The van der Waals surface area contributed by atoms with Crippen molar-refractivity contribution in [2.75, 3.05) is 24.8 Å². The molecule has 0 bridgehead atoms. The predicted molar refractivity (Wildman–Crippen MR) is 107 cm³/mol. The van der Waals surface area contributed by atoms with Gasteiger partial charge in [-0.05, 0) is 42.7 Å². The van der Waals surface area contributed by atoms with Crippen LogP contribution in [0.1, 0.15) is 18.4 Å². The summed E-state index contributed by atoms with van der Waals surface area (Å²) in [5.74, 6) is 2.11. The molecule has 150 valence electrons. The van der Waals surface area contributed by atoms with Crippen molar-refractivity contribution in [1.82, 2.24) is 19.9 Å². The van der Waals surface area contributed by atoms with Gasteiger partial charge in [-0.15, -0.1) is 10.2 Å². The van der Waals surface area contributed by atoms with Crippen LogP contribution < -0.4 is 19.7 Å². The smallest absolute Gasteiger partial charge is 0.231 e. The fraction of sp³-hybridized carbons (Fsp3) is 0.350. The summed E-state index contributed by atoms with van der Waals surface area (Å²) in [6.45, 7) is 2.13. The molecule has 3 aromatic rings. The molecule has 29 heavy (non-hydrogen) atoms. The molecule has 5 rings (SSSR count). The summed E-state index contributed by atoms with van der Waals surface area (Å²) in [5, 5.41) is 12.2. The van der Waals surface area contributed by atoms with Crippen LogP contribution in [0.25, 0.3) is 5.65 Å². The number of nitrogens with one attached hydrogen (secondary N) is 1. The number of ether oxygens (including phenoxy) is 2. The lowest BCUT2D eigenvalue weighted by Gasteiger charge is -2.32.